The van der Waals surface area contributed by atoms with Gasteiger partial charge in [0.1, 0.15) is 0 Å². The van der Waals surface area contributed by atoms with E-state index in [9.17, 15) is 13.2 Å². The third-order valence-corrected chi connectivity index (χ3v) is 7.05. The fraction of sp³-hybridized carbons (Fsp3) is 0.167. The minimum absolute atomic E-state index is 0.0580. The lowest BCUT2D eigenvalue weighted by Crippen LogP contribution is -2.26. The quantitative estimate of drug-likeness (QED) is 0.556. The smallest absolute Gasteiger partial charge is 0.289 e. The van der Waals surface area contributed by atoms with E-state index in [1.165, 1.54) is 40.7 Å². The third-order valence-electron chi connectivity index (χ3n) is 3.76. The van der Waals surface area contributed by atoms with Crippen LogP contribution in [0.5, 0.6) is 0 Å². The number of benzene rings is 1. The van der Waals surface area contributed by atoms with E-state index in [0.717, 1.165) is 8.66 Å². The second-order valence-corrected chi connectivity index (χ2v) is 10.3. The van der Waals surface area contributed by atoms with Crippen LogP contribution in [0, 0.1) is 0 Å². The highest BCUT2D eigenvalue weighted by molar-refractivity contribution is 9.11. The zero-order valence-electron chi connectivity index (χ0n) is 13.9. The van der Waals surface area contributed by atoms with Gasteiger partial charge in [0.05, 0.1) is 27.2 Å². The minimum Gasteiger partial charge on any atom is -0.459 e. The Labute approximate surface area is 164 Å². The number of halogens is 1. The summed E-state index contributed by atoms with van der Waals surface area (Å²) in [7, 11) is -1.89. The molecule has 0 N–H and O–H groups in total. The highest BCUT2D eigenvalue weighted by Crippen LogP contribution is 2.25. The summed E-state index contributed by atoms with van der Waals surface area (Å²) in [6, 6.07) is 13.6. The van der Waals surface area contributed by atoms with Crippen LogP contribution < -0.4 is 0 Å². The van der Waals surface area contributed by atoms with Crippen molar-refractivity contribution in [1.82, 2.24) is 4.90 Å². The summed E-state index contributed by atoms with van der Waals surface area (Å²) in [4.78, 5) is 15.4. The molecule has 0 unspecified atom stereocenters. The first-order valence-corrected chi connectivity index (χ1v) is 11.0. The van der Waals surface area contributed by atoms with Gasteiger partial charge in [-0.2, -0.15) is 0 Å². The molecule has 2 aromatic heterocycles. The molecule has 1 amide bonds. The normalized spacial score (nSPS) is 11.5. The average Bonchev–Trinajstić information content (AvgIpc) is 3.23. The number of furan rings is 1. The largest absolute Gasteiger partial charge is 0.459 e. The molecule has 0 saturated carbocycles. The molecule has 0 aliphatic carbocycles. The molecular formula is C18H16BrNO4S2. The van der Waals surface area contributed by atoms with Gasteiger partial charge < -0.3 is 9.32 Å². The van der Waals surface area contributed by atoms with Crippen LogP contribution in [-0.2, 0) is 22.1 Å². The Morgan fingerprint density at radius 1 is 1.15 bits per heavy atom. The number of carbonyl (C=O) groups excluding carboxylic acids is 1. The van der Waals surface area contributed by atoms with Gasteiger partial charge in [-0.3, -0.25) is 4.79 Å². The molecule has 26 heavy (non-hydrogen) atoms. The fourth-order valence-electron chi connectivity index (χ4n) is 2.47. The van der Waals surface area contributed by atoms with Crippen LogP contribution >= 0.6 is 27.3 Å². The molecule has 0 aliphatic heterocycles. The standard InChI is InChI=1S/C18H16BrNO4S2/c1-20(11-14-7-8-16(19)25-14)18(21)17-13(9-10-24-17)12-26(22,23)15-5-3-2-4-6-15/h2-10H,11-12H2,1H3. The number of hydrogen-bond donors (Lipinski definition) is 0. The Balaban J connectivity index is 1.78. The van der Waals surface area contributed by atoms with Gasteiger partial charge in [0.25, 0.3) is 5.91 Å². The molecule has 0 fully saturated rings. The van der Waals surface area contributed by atoms with Gasteiger partial charge in [0, 0.05) is 17.5 Å². The van der Waals surface area contributed by atoms with Crippen molar-refractivity contribution in [3.8, 4) is 0 Å². The molecule has 0 aliphatic rings. The number of sulfone groups is 1. The maximum atomic E-state index is 12.7. The molecule has 1 aromatic carbocycles. The number of nitrogens with zero attached hydrogens (tertiary/aromatic N) is 1. The molecule has 2 heterocycles. The summed E-state index contributed by atoms with van der Waals surface area (Å²) in [6.07, 6.45) is 1.35. The second kappa shape index (κ2) is 7.77. The van der Waals surface area contributed by atoms with Gasteiger partial charge >= 0.3 is 0 Å². The van der Waals surface area contributed by atoms with Crippen molar-refractivity contribution >= 4 is 43.0 Å². The topological polar surface area (TPSA) is 67.6 Å². The summed E-state index contributed by atoms with van der Waals surface area (Å²) >= 11 is 4.93. The summed E-state index contributed by atoms with van der Waals surface area (Å²) in [5.41, 5.74) is 0.359. The maximum absolute atomic E-state index is 12.7. The molecule has 0 spiro atoms. The molecule has 136 valence electrons. The number of rotatable bonds is 6. The zero-order chi connectivity index (χ0) is 18.7. The van der Waals surface area contributed by atoms with E-state index in [2.05, 4.69) is 15.9 Å². The Morgan fingerprint density at radius 3 is 2.54 bits per heavy atom. The van der Waals surface area contributed by atoms with Crippen molar-refractivity contribution in [2.24, 2.45) is 0 Å². The van der Waals surface area contributed by atoms with Gasteiger partial charge in [0.2, 0.25) is 0 Å². The van der Waals surface area contributed by atoms with Crippen molar-refractivity contribution < 1.29 is 17.6 Å². The second-order valence-electron chi connectivity index (χ2n) is 5.71. The van der Waals surface area contributed by atoms with Crippen LogP contribution in [0.25, 0.3) is 0 Å². The van der Waals surface area contributed by atoms with E-state index in [1.807, 2.05) is 12.1 Å². The van der Waals surface area contributed by atoms with Gasteiger partial charge in [-0.05, 0) is 46.3 Å². The van der Waals surface area contributed by atoms with E-state index in [-0.39, 0.29) is 22.3 Å². The van der Waals surface area contributed by atoms with Crippen molar-refractivity contribution in [3.05, 3.63) is 74.8 Å². The average molecular weight is 454 g/mol. The van der Waals surface area contributed by atoms with Crippen LogP contribution in [0.15, 0.2) is 67.9 Å². The SMILES string of the molecule is CN(Cc1ccc(Br)s1)C(=O)c1occc1CS(=O)(=O)c1ccccc1. The van der Waals surface area contributed by atoms with E-state index in [4.69, 9.17) is 4.42 Å². The van der Waals surface area contributed by atoms with E-state index >= 15 is 0 Å². The monoisotopic (exact) mass is 453 g/mol. The third kappa shape index (κ3) is 4.25. The van der Waals surface area contributed by atoms with Crippen LogP contribution in [0.1, 0.15) is 21.0 Å². The molecule has 0 saturated heterocycles. The van der Waals surface area contributed by atoms with Gasteiger partial charge in [0.15, 0.2) is 15.6 Å². The first-order valence-electron chi connectivity index (χ1n) is 7.70. The zero-order valence-corrected chi connectivity index (χ0v) is 17.1. The summed E-state index contributed by atoms with van der Waals surface area (Å²) < 4.78 is 31.4. The Morgan fingerprint density at radius 2 is 1.88 bits per heavy atom. The van der Waals surface area contributed by atoms with Crippen molar-refractivity contribution in [1.29, 1.82) is 0 Å². The van der Waals surface area contributed by atoms with E-state index < -0.39 is 9.84 Å². The summed E-state index contributed by atoms with van der Waals surface area (Å²) in [5.74, 6) is -0.576. The number of thiophene rings is 1. The molecular weight excluding hydrogens is 438 g/mol. The lowest BCUT2D eigenvalue weighted by Gasteiger charge is -2.15. The first-order chi connectivity index (χ1) is 12.4. The molecule has 8 heteroatoms. The maximum Gasteiger partial charge on any atom is 0.289 e. The number of amides is 1. The lowest BCUT2D eigenvalue weighted by molar-refractivity contribution is 0.0753. The minimum atomic E-state index is -3.56. The molecule has 0 radical (unpaired) electrons. The lowest BCUT2D eigenvalue weighted by atomic mass is 10.2. The molecule has 3 aromatic rings. The van der Waals surface area contributed by atoms with Crippen LogP contribution in [0.3, 0.4) is 0 Å². The Hall–Kier alpha value is -1.90. The van der Waals surface area contributed by atoms with Crippen LogP contribution in [0.2, 0.25) is 0 Å². The van der Waals surface area contributed by atoms with Crippen molar-refractivity contribution in [2.45, 2.75) is 17.2 Å². The predicted molar refractivity (Wildman–Crippen MR) is 104 cm³/mol. The van der Waals surface area contributed by atoms with Gasteiger partial charge in [-0.25, -0.2) is 8.42 Å². The van der Waals surface area contributed by atoms with Crippen molar-refractivity contribution in [3.63, 3.8) is 0 Å². The molecule has 0 bridgehead atoms. The molecule has 5 nitrogen and oxygen atoms in total. The van der Waals surface area contributed by atoms with Crippen molar-refractivity contribution in [2.75, 3.05) is 7.05 Å². The highest BCUT2D eigenvalue weighted by atomic mass is 79.9. The highest BCUT2D eigenvalue weighted by Gasteiger charge is 2.24. The van der Waals surface area contributed by atoms with Crippen LogP contribution in [-0.4, -0.2) is 26.3 Å². The van der Waals surface area contributed by atoms with E-state index in [1.54, 1.807) is 25.2 Å². The first kappa shape index (κ1) is 18.9. The Kier molecular flexibility index (Phi) is 5.64. The van der Waals surface area contributed by atoms with Crippen LogP contribution in [0.4, 0.5) is 0 Å². The predicted octanol–water partition coefficient (Wildman–Crippen LogP) is 4.35. The fourth-order valence-corrected chi connectivity index (χ4v) is 5.38. The van der Waals surface area contributed by atoms with Gasteiger partial charge in [-0.15, -0.1) is 11.3 Å². The number of hydrogen-bond acceptors (Lipinski definition) is 5. The Bertz CT molecular complexity index is 1010. The van der Waals surface area contributed by atoms with E-state index in [0.29, 0.717) is 12.1 Å². The molecule has 0 atom stereocenters. The summed E-state index contributed by atoms with van der Waals surface area (Å²) in [5, 5.41) is 0. The van der Waals surface area contributed by atoms with Gasteiger partial charge in [-0.1, -0.05) is 18.2 Å². The number of carbonyl (C=O) groups is 1. The summed E-state index contributed by atoms with van der Waals surface area (Å²) in [6.45, 7) is 0.417. The molecule has 3 rings (SSSR count).